The summed E-state index contributed by atoms with van der Waals surface area (Å²) in [6.45, 7) is 0.172. The standard InChI is InChI=1S/C18H20ClFN2O4/c19-12-8-13(16(21)14(20)9-12)17(24)15(23)6-7-22-18(25)26-10-11-4-2-1-3-5-11/h1-5,8-9,15,17,23-24H,6-7,10,21H2,(H,22,25). The average Bonchev–Trinajstić information content (AvgIpc) is 2.63. The summed E-state index contributed by atoms with van der Waals surface area (Å²) in [5.74, 6) is -0.777. The van der Waals surface area contributed by atoms with E-state index in [2.05, 4.69) is 5.32 Å². The van der Waals surface area contributed by atoms with Gasteiger partial charge in [0.05, 0.1) is 11.8 Å². The fourth-order valence-corrected chi connectivity index (χ4v) is 2.52. The summed E-state index contributed by atoms with van der Waals surface area (Å²) >= 11 is 5.74. The summed E-state index contributed by atoms with van der Waals surface area (Å²) in [6, 6.07) is 11.5. The zero-order valence-electron chi connectivity index (χ0n) is 13.9. The average molecular weight is 383 g/mol. The second kappa shape index (κ2) is 9.38. The SMILES string of the molecule is Nc1c(F)cc(Cl)cc1C(O)C(O)CCNC(=O)OCc1ccccc1. The summed E-state index contributed by atoms with van der Waals surface area (Å²) in [5, 5.41) is 22.7. The van der Waals surface area contributed by atoms with E-state index in [0.717, 1.165) is 11.6 Å². The third-order valence-corrected chi connectivity index (χ3v) is 3.95. The number of carbonyl (C=O) groups is 1. The number of benzene rings is 2. The highest BCUT2D eigenvalue weighted by Gasteiger charge is 2.22. The maximum atomic E-state index is 13.6. The number of rotatable bonds is 7. The number of aliphatic hydroxyl groups is 2. The van der Waals surface area contributed by atoms with E-state index in [1.165, 1.54) is 6.07 Å². The summed E-state index contributed by atoms with van der Waals surface area (Å²) < 4.78 is 18.6. The van der Waals surface area contributed by atoms with Gasteiger partial charge in [-0.05, 0) is 24.1 Å². The first-order chi connectivity index (χ1) is 12.4. The zero-order chi connectivity index (χ0) is 19.1. The molecule has 2 aromatic carbocycles. The largest absolute Gasteiger partial charge is 0.445 e. The lowest BCUT2D eigenvalue weighted by Gasteiger charge is -2.20. The lowest BCUT2D eigenvalue weighted by Crippen LogP contribution is -2.30. The lowest BCUT2D eigenvalue weighted by atomic mass is 10.00. The van der Waals surface area contributed by atoms with Crippen LogP contribution < -0.4 is 11.1 Å². The molecule has 0 radical (unpaired) electrons. The van der Waals surface area contributed by atoms with Crippen LogP contribution in [-0.4, -0.2) is 29.0 Å². The number of alkyl carbamates (subject to hydrolysis) is 1. The number of hydrogen-bond acceptors (Lipinski definition) is 5. The maximum Gasteiger partial charge on any atom is 0.407 e. The number of nitrogens with one attached hydrogen (secondary N) is 1. The smallest absolute Gasteiger partial charge is 0.407 e. The molecular formula is C18H20ClFN2O4. The van der Waals surface area contributed by atoms with E-state index < -0.39 is 24.1 Å². The first kappa shape index (κ1) is 20.0. The van der Waals surface area contributed by atoms with Crippen molar-refractivity contribution in [1.82, 2.24) is 5.32 Å². The number of carbonyl (C=O) groups excluding carboxylic acids is 1. The van der Waals surface area contributed by atoms with Crippen LogP contribution in [0, 0.1) is 5.82 Å². The predicted octanol–water partition coefficient (Wildman–Crippen LogP) is 2.77. The molecule has 1 amide bonds. The molecule has 26 heavy (non-hydrogen) atoms. The van der Waals surface area contributed by atoms with Gasteiger partial charge in [-0.3, -0.25) is 0 Å². The lowest BCUT2D eigenvalue weighted by molar-refractivity contribution is 0.0139. The molecule has 0 aromatic heterocycles. The molecule has 0 saturated heterocycles. The molecular weight excluding hydrogens is 363 g/mol. The van der Waals surface area contributed by atoms with Crippen LogP contribution in [-0.2, 0) is 11.3 Å². The number of nitrogen functional groups attached to an aromatic ring is 1. The van der Waals surface area contributed by atoms with Gasteiger partial charge in [-0.25, -0.2) is 9.18 Å². The summed E-state index contributed by atoms with van der Waals surface area (Å²) in [7, 11) is 0. The quantitative estimate of drug-likeness (QED) is 0.551. The van der Waals surface area contributed by atoms with Crippen molar-refractivity contribution in [2.24, 2.45) is 0 Å². The molecule has 8 heteroatoms. The third-order valence-electron chi connectivity index (χ3n) is 3.73. The summed E-state index contributed by atoms with van der Waals surface area (Å²) in [5.41, 5.74) is 6.12. The highest BCUT2D eigenvalue weighted by atomic mass is 35.5. The van der Waals surface area contributed by atoms with Gasteiger partial charge in [-0.2, -0.15) is 0 Å². The maximum absolute atomic E-state index is 13.6. The fraction of sp³-hybridized carbons (Fsp3) is 0.278. The van der Waals surface area contributed by atoms with Crippen molar-refractivity contribution in [3.63, 3.8) is 0 Å². The topological polar surface area (TPSA) is 105 Å². The Morgan fingerprint density at radius 1 is 1.27 bits per heavy atom. The Hall–Kier alpha value is -2.35. The van der Waals surface area contributed by atoms with Crippen LogP contribution in [0.3, 0.4) is 0 Å². The van der Waals surface area contributed by atoms with E-state index in [4.69, 9.17) is 22.1 Å². The molecule has 2 aromatic rings. The van der Waals surface area contributed by atoms with Crippen LogP contribution in [0.2, 0.25) is 5.02 Å². The zero-order valence-corrected chi connectivity index (χ0v) is 14.6. The number of amides is 1. The van der Waals surface area contributed by atoms with Crippen molar-refractivity contribution in [1.29, 1.82) is 0 Å². The van der Waals surface area contributed by atoms with Gasteiger partial charge in [-0.1, -0.05) is 41.9 Å². The van der Waals surface area contributed by atoms with Crippen LogP contribution in [0.4, 0.5) is 14.9 Å². The molecule has 140 valence electrons. The number of aliphatic hydroxyl groups excluding tert-OH is 2. The van der Waals surface area contributed by atoms with Crippen molar-refractivity contribution in [3.8, 4) is 0 Å². The number of anilines is 1. The van der Waals surface area contributed by atoms with Crippen molar-refractivity contribution in [2.75, 3.05) is 12.3 Å². The van der Waals surface area contributed by atoms with E-state index in [9.17, 15) is 19.4 Å². The fourth-order valence-electron chi connectivity index (χ4n) is 2.31. The molecule has 6 nitrogen and oxygen atoms in total. The highest BCUT2D eigenvalue weighted by Crippen LogP contribution is 2.29. The monoisotopic (exact) mass is 382 g/mol. The van der Waals surface area contributed by atoms with Crippen molar-refractivity contribution < 1.29 is 24.1 Å². The van der Waals surface area contributed by atoms with Gasteiger partial charge >= 0.3 is 6.09 Å². The van der Waals surface area contributed by atoms with Crippen LogP contribution in [0.15, 0.2) is 42.5 Å². The van der Waals surface area contributed by atoms with E-state index in [0.29, 0.717) is 0 Å². The van der Waals surface area contributed by atoms with E-state index in [1.807, 2.05) is 30.3 Å². The minimum atomic E-state index is -1.44. The van der Waals surface area contributed by atoms with Crippen molar-refractivity contribution >= 4 is 23.4 Å². The Bertz CT molecular complexity index is 745. The molecule has 0 bridgehead atoms. The Morgan fingerprint density at radius 2 is 1.96 bits per heavy atom. The third kappa shape index (κ3) is 5.59. The molecule has 0 saturated carbocycles. The molecule has 0 spiro atoms. The van der Waals surface area contributed by atoms with Crippen LogP contribution in [0.25, 0.3) is 0 Å². The molecule has 0 fully saturated rings. The number of nitrogens with two attached hydrogens (primary N) is 1. The van der Waals surface area contributed by atoms with Crippen LogP contribution in [0.1, 0.15) is 23.7 Å². The van der Waals surface area contributed by atoms with Crippen molar-refractivity contribution in [2.45, 2.75) is 25.2 Å². The number of halogens is 2. The molecule has 5 N–H and O–H groups in total. The summed E-state index contributed by atoms with van der Waals surface area (Å²) in [4.78, 5) is 11.6. The molecule has 0 aliphatic rings. The van der Waals surface area contributed by atoms with Gasteiger partial charge in [0, 0.05) is 17.1 Å². The van der Waals surface area contributed by atoms with E-state index in [1.54, 1.807) is 0 Å². The predicted molar refractivity (Wildman–Crippen MR) is 96.0 cm³/mol. The normalized spacial score (nSPS) is 13.1. The van der Waals surface area contributed by atoms with Gasteiger partial charge in [0.1, 0.15) is 18.5 Å². The Balaban J connectivity index is 1.79. The molecule has 0 aliphatic heterocycles. The molecule has 2 unspecified atom stereocenters. The highest BCUT2D eigenvalue weighted by molar-refractivity contribution is 6.30. The first-order valence-electron chi connectivity index (χ1n) is 7.93. The minimum Gasteiger partial charge on any atom is -0.445 e. The number of ether oxygens (including phenoxy) is 1. The first-order valence-corrected chi connectivity index (χ1v) is 8.31. The van der Waals surface area contributed by atoms with Crippen LogP contribution in [0.5, 0.6) is 0 Å². The molecule has 2 atom stereocenters. The Morgan fingerprint density at radius 3 is 2.65 bits per heavy atom. The molecule has 0 heterocycles. The van der Waals surface area contributed by atoms with Gasteiger partial charge in [-0.15, -0.1) is 0 Å². The molecule has 0 aliphatic carbocycles. The van der Waals surface area contributed by atoms with Gasteiger partial charge in [0.25, 0.3) is 0 Å². The van der Waals surface area contributed by atoms with Crippen LogP contribution >= 0.6 is 11.6 Å². The van der Waals surface area contributed by atoms with E-state index in [-0.39, 0.29) is 35.8 Å². The summed E-state index contributed by atoms with van der Waals surface area (Å²) in [6.07, 6.45) is -3.35. The second-order valence-electron chi connectivity index (χ2n) is 5.68. The van der Waals surface area contributed by atoms with Crippen molar-refractivity contribution in [3.05, 3.63) is 64.4 Å². The van der Waals surface area contributed by atoms with Gasteiger partial charge in [0.2, 0.25) is 0 Å². The number of hydrogen-bond donors (Lipinski definition) is 4. The minimum absolute atomic E-state index is 0.00541. The Kier molecular flexibility index (Phi) is 7.20. The second-order valence-corrected chi connectivity index (χ2v) is 6.12. The van der Waals surface area contributed by atoms with Gasteiger partial charge < -0.3 is 26.0 Å². The molecule has 2 rings (SSSR count). The van der Waals surface area contributed by atoms with Gasteiger partial charge in [0.15, 0.2) is 0 Å². The Labute approximate surface area is 155 Å². The van der Waals surface area contributed by atoms with E-state index >= 15 is 0 Å².